The molecule has 23 heavy (non-hydrogen) atoms. The van der Waals surface area contributed by atoms with E-state index >= 15 is 0 Å². The van der Waals surface area contributed by atoms with Crippen molar-refractivity contribution in [2.24, 2.45) is 0 Å². The molecule has 118 valence electrons. The Labute approximate surface area is 140 Å². The molecule has 0 atom stereocenters. The van der Waals surface area contributed by atoms with Crippen LogP contribution in [0.5, 0.6) is 0 Å². The molecule has 0 aliphatic rings. The minimum atomic E-state index is -0.366. The smallest absolute Gasteiger partial charge is 0.333 e. The molecule has 0 saturated carbocycles. The van der Waals surface area contributed by atoms with E-state index in [-0.39, 0.29) is 11.8 Å². The van der Waals surface area contributed by atoms with Crippen LogP contribution >= 0.6 is 11.8 Å². The van der Waals surface area contributed by atoms with Crippen molar-refractivity contribution in [1.29, 1.82) is 0 Å². The van der Waals surface area contributed by atoms with Gasteiger partial charge in [0.05, 0.1) is 0 Å². The molecule has 0 unspecified atom stereocenters. The van der Waals surface area contributed by atoms with Gasteiger partial charge in [-0.3, -0.25) is 4.79 Å². The van der Waals surface area contributed by atoms with Crippen LogP contribution in [-0.4, -0.2) is 24.1 Å². The summed E-state index contributed by atoms with van der Waals surface area (Å²) in [5, 5.41) is 0. The van der Waals surface area contributed by atoms with E-state index in [4.69, 9.17) is 4.74 Å². The second-order valence-electron chi connectivity index (χ2n) is 4.98. The molecule has 3 nitrogen and oxygen atoms in total. The van der Waals surface area contributed by atoms with Crippen LogP contribution < -0.4 is 0 Å². The van der Waals surface area contributed by atoms with Crippen molar-refractivity contribution < 1.29 is 14.3 Å². The highest BCUT2D eigenvalue weighted by Gasteiger charge is 2.08. The first kappa shape index (κ1) is 17.0. The minimum Gasteiger partial charge on any atom is -0.461 e. The van der Waals surface area contributed by atoms with Crippen molar-refractivity contribution in [3.05, 3.63) is 77.9 Å². The molecule has 4 heteroatoms. The maximum absolute atomic E-state index is 12.3. The topological polar surface area (TPSA) is 43.4 Å². The van der Waals surface area contributed by atoms with Gasteiger partial charge in [0.25, 0.3) is 0 Å². The van der Waals surface area contributed by atoms with Gasteiger partial charge in [-0.15, -0.1) is 11.8 Å². The Hall–Kier alpha value is -2.33. The van der Waals surface area contributed by atoms with Crippen LogP contribution in [0.2, 0.25) is 0 Å². The molecule has 2 rings (SSSR count). The number of hydrogen-bond donors (Lipinski definition) is 0. The van der Waals surface area contributed by atoms with E-state index in [0.29, 0.717) is 29.1 Å². The van der Waals surface area contributed by atoms with E-state index < -0.39 is 0 Å². The number of ketones is 1. The zero-order chi connectivity index (χ0) is 16.7. The molecule has 2 aromatic carbocycles. The Bertz CT molecular complexity index is 690. The Morgan fingerprint density at radius 2 is 1.61 bits per heavy atom. The lowest BCUT2D eigenvalue weighted by Crippen LogP contribution is -2.07. The number of thioether (sulfide) groups is 1. The first-order valence-electron chi connectivity index (χ1n) is 7.23. The van der Waals surface area contributed by atoms with E-state index in [2.05, 4.69) is 6.58 Å². The molecule has 0 aromatic heterocycles. The third-order valence-corrected chi connectivity index (χ3v) is 4.06. The van der Waals surface area contributed by atoms with E-state index in [1.807, 2.05) is 42.5 Å². The Balaban J connectivity index is 1.86. The van der Waals surface area contributed by atoms with Gasteiger partial charge in [-0.1, -0.05) is 36.9 Å². The molecule has 0 N–H and O–H groups in total. The van der Waals surface area contributed by atoms with Crippen LogP contribution in [0.1, 0.15) is 22.8 Å². The normalized spacial score (nSPS) is 10.1. The van der Waals surface area contributed by atoms with Crippen LogP contribution in [0.4, 0.5) is 0 Å². The maximum Gasteiger partial charge on any atom is 0.333 e. The molecule has 0 heterocycles. The monoisotopic (exact) mass is 326 g/mol. The van der Waals surface area contributed by atoms with Gasteiger partial charge in [-0.05, 0) is 31.2 Å². The summed E-state index contributed by atoms with van der Waals surface area (Å²) in [6, 6.07) is 16.6. The zero-order valence-corrected chi connectivity index (χ0v) is 13.8. The molecule has 0 amide bonds. The standard InChI is InChI=1S/C19H18O3S/c1-14(2)19(21)22-12-13-23-17-10-8-16(9-11-17)18(20)15-6-4-3-5-7-15/h3-11H,1,12-13H2,2H3. The molecule has 0 spiro atoms. The van der Waals surface area contributed by atoms with Crippen molar-refractivity contribution in [1.82, 2.24) is 0 Å². The third-order valence-electron chi connectivity index (χ3n) is 3.09. The molecular weight excluding hydrogens is 308 g/mol. The van der Waals surface area contributed by atoms with Crippen molar-refractivity contribution in [3.63, 3.8) is 0 Å². The van der Waals surface area contributed by atoms with E-state index in [0.717, 1.165) is 4.90 Å². The SMILES string of the molecule is C=C(C)C(=O)OCCSc1ccc(C(=O)c2ccccc2)cc1. The van der Waals surface area contributed by atoms with E-state index in [1.165, 1.54) is 0 Å². The van der Waals surface area contributed by atoms with Crippen molar-refractivity contribution in [2.75, 3.05) is 12.4 Å². The fourth-order valence-corrected chi connectivity index (χ4v) is 2.61. The third kappa shape index (κ3) is 5.11. The summed E-state index contributed by atoms with van der Waals surface area (Å²) < 4.78 is 5.03. The predicted octanol–water partition coefficient (Wildman–Crippen LogP) is 4.13. The summed E-state index contributed by atoms with van der Waals surface area (Å²) in [6.45, 7) is 5.49. The zero-order valence-electron chi connectivity index (χ0n) is 13.0. The summed E-state index contributed by atoms with van der Waals surface area (Å²) >= 11 is 1.57. The van der Waals surface area contributed by atoms with Gasteiger partial charge in [0.1, 0.15) is 6.61 Å². The average molecular weight is 326 g/mol. The molecule has 2 aromatic rings. The lowest BCUT2D eigenvalue weighted by molar-refractivity contribution is -0.138. The van der Waals surface area contributed by atoms with Gasteiger partial charge < -0.3 is 4.74 Å². The summed E-state index contributed by atoms with van der Waals surface area (Å²) in [5.41, 5.74) is 1.74. The number of carbonyl (C=O) groups is 2. The fraction of sp³-hybridized carbons (Fsp3) is 0.158. The van der Waals surface area contributed by atoms with E-state index in [9.17, 15) is 9.59 Å². The van der Waals surface area contributed by atoms with E-state index in [1.54, 1.807) is 30.8 Å². The number of rotatable bonds is 7. The minimum absolute atomic E-state index is 0.0116. The number of benzene rings is 2. The van der Waals surface area contributed by atoms with Gasteiger partial charge >= 0.3 is 5.97 Å². The summed E-state index contributed by atoms with van der Waals surface area (Å²) in [6.07, 6.45) is 0. The summed E-state index contributed by atoms with van der Waals surface area (Å²) in [7, 11) is 0. The van der Waals surface area contributed by atoms with Gasteiger partial charge in [-0.2, -0.15) is 0 Å². The first-order chi connectivity index (χ1) is 11.1. The quantitative estimate of drug-likeness (QED) is 0.252. The first-order valence-corrected chi connectivity index (χ1v) is 8.22. The van der Waals surface area contributed by atoms with Crippen LogP contribution in [0, 0.1) is 0 Å². The van der Waals surface area contributed by atoms with Crippen molar-refractivity contribution >= 4 is 23.5 Å². The molecule has 0 radical (unpaired) electrons. The number of esters is 1. The summed E-state index contributed by atoms with van der Waals surface area (Å²) in [4.78, 5) is 24.6. The predicted molar refractivity (Wildman–Crippen MR) is 92.8 cm³/mol. The maximum atomic E-state index is 12.3. The van der Waals surface area contributed by atoms with Crippen LogP contribution in [0.25, 0.3) is 0 Å². The molecule has 0 saturated heterocycles. The lowest BCUT2D eigenvalue weighted by atomic mass is 10.0. The Kier molecular flexibility index (Phi) is 6.18. The van der Waals surface area contributed by atoms with Crippen molar-refractivity contribution in [3.8, 4) is 0 Å². The molecule has 0 bridgehead atoms. The van der Waals surface area contributed by atoms with Crippen LogP contribution in [-0.2, 0) is 9.53 Å². The Morgan fingerprint density at radius 3 is 2.22 bits per heavy atom. The number of carbonyl (C=O) groups excluding carboxylic acids is 2. The van der Waals surface area contributed by atoms with Crippen LogP contribution in [0.15, 0.2) is 71.6 Å². The number of hydrogen-bond acceptors (Lipinski definition) is 4. The molecule has 0 aliphatic carbocycles. The van der Waals surface area contributed by atoms with Crippen molar-refractivity contribution in [2.45, 2.75) is 11.8 Å². The summed E-state index contributed by atoms with van der Waals surface area (Å²) in [5.74, 6) is 0.303. The van der Waals surface area contributed by atoms with Crippen LogP contribution in [0.3, 0.4) is 0 Å². The van der Waals surface area contributed by atoms with Gasteiger partial charge in [0, 0.05) is 27.3 Å². The van der Waals surface area contributed by atoms with Gasteiger partial charge in [0.2, 0.25) is 0 Å². The highest BCUT2D eigenvalue weighted by molar-refractivity contribution is 7.99. The molecule has 0 aliphatic heterocycles. The lowest BCUT2D eigenvalue weighted by Gasteiger charge is -2.05. The Morgan fingerprint density at radius 1 is 1.00 bits per heavy atom. The molecular formula is C19H18O3S. The molecule has 0 fully saturated rings. The van der Waals surface area contributed by atoms with Gasteiger partial charge in [0.15, 0.2) is 5.78 Å². The fourth-order valence-electron chi connectivity index (χ4n) is 1.88. The average Bonchev–Trinajstić information content (AvgIpc) is 2.59. The second-order valence-corrected chi connectivity index (χ2v) is 6.15. The number of ether oxygens (including phenoxy) is 1. The van der Waals surface area contributed by atoms with Gasteiger partial charge in [-0.25, -0.2) is 4.79 Å². The second kappa shape index (κ2) is 8.34. The highest BCUT2D eigenvalue weighted by Crippen LogP contribution is 2.19. The highest BCUT2D eigenvalue weighted by atomic mass is 32.2. The largest absolute Gasteiger partial charge is 0.461 e.